The number of carbonyl (C=O) groups is 1. The van der Waals surface area contributed by atoms with E-state index in [-0.39, 0.29) is 13.2 Å². The quantitative estimate of drug-likeness (QED) is 0.282. The van der Waals surface area contributed by atoms with Gasteiger partial charge in [-0.3, -0.25) is 0 Å². The van der Waals surface area contributed by atoms with E-state index in [1.807, 2.05) is 60.7 Å². The number of nitrogens with zero attached hydrogens (tertiary/aromatic N) is 4. The highest BCUT2D eigenvalue weighted by Gasteiger charge is 2.13. The number of fused-ring (bicyclic) bond motifs is 1. The van der Waals surface area contributed by atoms with Crippen molar-refractivity contribution in [3.8, 4) is 17.2 Å². The molecule has 5 aromatic rings. The molecule has 0 saturated heterocycles. The van der Waals surface area contributed by atoms with Crippen molar-refractivity contribution in [3.63, 3.8) is 0 Å². The van der Waals surface area contributed by atoms with Crippen LogP contribution in [0.25, 0.3) is 10.9 Å². The fourth-order valence-corrected chi connectivity index (χ4v) is 3.60. The summed E-state index contributed by atoms with van der Waals surface area (Å²) >= 11 is 0. The van der Waals surface area contributed by atoms with Gasteiger partial charge in [-0.1, -0.05) is 41.6 Å². The number of benzene rings is 3. The summed E-state index contributed by atoms with van der Waals surface area (Å²) in [6.07, 6.45) is 0. The van der Waals surface area contributed by atoms with E-state index in [4.69, 9.17) is 18.9 Å². The van der Waals surface area contributed by atoms with Crippen LogP contribution in [0.4, 0.5) is 0 Å². The summed E-state index contributed by atoms with van der Waals surface area (Å²) in [5.74, 6) is 1.62. The Labute approximate surface area is 212 Å². The molecule has 0 fully saturated rings. The maximum atomic E-state index is 12.0. The second-order valence-corrected chi connectivity index (χ2v) is 7.98. The van der Waals surface area contributed by atoms with E-state index in [0.29, 0.717) is 35.2 Å². The Hall–Kier alpha value is -4.99. The molecule has 0 aliphatic carbocycles. The van der Waals surface area contributed by atoms with Gasteiger partial charge in [-0.05, 0) is 36.4 Å². The number of aromatic nitrogens is 5. The number of methoxy groups -OCH3 is 1. The molecule has 0 aliphatic rings. The fourth-order valence-electron chi connectivity index (χ4n) is 3.60. The van der Waals surface area contributed by atoms with Crippen LogP contribution in [0.2, 0.25) is 0 Å². The predicted octanol–water partition coefficient (Wildman–Crippen LogP) is 4.27. The number of esters is 1. The Morgan fingerprint density at radius 1 is 0.838 bits per heavy atom. The molecule has 0 amide bonds. The van der Waals surface area contributed by atoms with Crippen molar-refractivity contribution in [3.05, 3.63) is 102 Å². The molecule has 0 unspecified atom stereocenters. The number of hydrogen-bond donors (Lipinski definition) is 1. The minimum atomic E-state index is -0.470. The lowest BCUT2D eigenvalue weighted by Gasteiger charge is -2.14. The van der Waals surface area contributed by atoms with Crippen molar-refractivity contribution >= 4 is 16.9 Å². The highest BCUT2D eigenvalue weighted by molar-refractivity contribution is 5.89. The first-order chi connectivity index (χ1) is 18.2. The minimum Gasteiger partial charge on any atom is -0.489 e. The van der Waals surface area contributed by atoms with Gasteiger partial charge in [0.2, 0.25) is 5.82 Å². The van der Waals surface area contributed by atoms with Gasteiger partial charge in [0.15, 0.2) is 6.61 Å². The molecule has 0 spiro atoms. The highest BCUT2D eigenvalue weighted by atomic mass is 16.5. The van der Waals surface area contributed by atoms with Crippen molar-refractivity contribution in [2.45, 2.75) is 19.8 Å². The van der Waals surface area contributed by atoms with Crippen LogP contribution < -0.4 is 14.2 Å². The number of tetrazole rings is 1. The minimum absolute atomic E-state index is 0.0697. The van der Waals surface area contributed by atoms with E-state index in [9.17, 15) is 4.79 Å². The average Bonchev–Trinajstić information content (AvgIpc) is 3.47. The molecule has 3 aromatic carbocycles. The number of aromatic amines is 1. The summed E-state index contributed by atoms with van der Waals surface area (Å²) in [6, 6.07) is 24.3. The van der Waals surface area contributed by atoms with Crippen LogP contribution in [0.15, 0.2) is 78.9 Å². The van der Waals surface area contributed by atoms with Crippen molar-refractivity contribution in [2.75, 3.05) is 7.11 Å². The Balaban J connectivity index is 1.25. The van der Waals surface area contributed by atoms with Gasteiger partial charge in [0.1, 0.15) is 30.5 Å². The summed E-state index contributed by atoms with van der Waals surface area (Å²) in [7, 11) is 1.32. The summed E-state index contributed by atoms with van der Waals surface area (Å²) < 4.78 is 22.6. The molecular formula is C27H23N5O5. The standard InChI is InChI=1S/C27H23N5O5/c1-34-27(33)19-9-10-20(25(13-19)37-17-26-29-31-32-30-26)15-35-22-6-4-7-23(14-22)36-16-21-12-11-18-5-2-3-8-24(18)28-21/h2-14H,15-17H2,1H3,(H,29,30,31,32). The largest absolute Gasteiger partial charge is 0.489 e. The summed E-state index contributed by atoms with van der Waals surface area (Å²) in [5, 5.41) is 14.7. The number of carbonyl (C=O) groups excluding carboxylic acids is 1. The van der Waals surface area contributed by atoms with Crippen LogP contribution in [-0.4, -0.2) is 38.7 Å². The average molecular weight is 498 g/mol. The lowest BCUT2D eigenvalue weighted by Crippen LogP contribution is -2.07. The monoisotopic (exact) mass is 497 g/mol. The van der Waals surface area contributed by atoms with E-state index in [2.05, 4.69) is 25.6 Å². The first kappa shape index (κ1) is 23.7. The Morgan fingerprint density at radius 2 is 1.68 bits per heavy atom. The number of hydrogen-bond acceptors (Lipinski definition) is 9. The van der Waals surface area contributed by atoms with E-state index in [1.165, 1.54) is 7.11 Å². The zero-order valence-electron chi connectivity index (χ0n) is 20.0. The van der Waals surface area contributed by atoms with Crippen molar-refractivity contribution in [1.82, 2.24) is 25.6 Å². The van der Waals surface area contributed by atoms with Gasteiger partial charge < -0.3 is 18.9 Å². The lowest BCUT2D eigenvalue weighted by atomic mass is 10.1. The van der Waals surface area contributed by atoms with Gasteiger partial charge in [-0.25, -0.2) is 9.78 Å². The molecule has 10 nitrogen and oxygen atoms in total. The molecule has 1 N–H and O–H groups in total. The van der Waals surface area contributed by atoms with Crippen molar-refractivity contribution < 1.29 is 23.7 Å². The smallest absolute Gasteiger partial charge is 0.337 e. The third-order valence-corrected chi connectivity index (χ3v) is 5.48. The fraction of sp³-hybridized carbons (Fsp3) is 0.148. The Bertz CT molecular complexity index is 1510. The molecule has 37 heavy (non-hydrogen) atoms. The molecule has 2 heterocycles. The van der Waals surface area contributed by atoms with Crippen LogP contribution in [0, 0.1) is 0 Å². The second kappa shape index (κ2) is 11.2. The van der Waals surface area contributed by atoms with Gasteiger partial charge in [0, 0.05) is 17.0 Å². The molecule has 0 saturated carbocycles. The van der Waals surface area contributed by atoms with Crippen molar-refractivity contribution in [1.29, 1.82) is 0 Å². The number of rotatable bonds is 10. The molecule has 186 valence electrons. The van der Waals surface area contributed by atoms with E-state index in [0.717, 1.165) is 22.2 Å². The lowest BCUT2D eigenvalue weighted by molar-refractivity contribution is 0.0600. The van der Waals surface area contributed by atoms with E-state index >= 15 is 0 Å². The molecule has 0 atom stereocenters. The summed E-state index contributed by atoms with van der Waals surface area (Å²) in [4.78, 5) is 16.6. The maximum absolute atomic E-state index is 12.0. The first-order valence-electron chi connectivity index (χ1n) is 11.4. The number of pyridine rings is 1. The summed E-state index contributed by atoms with van der Waals surface area (Å²) in [5.41, 5.74) is 2.84. The Morgan fingerprint density at radius 3 is 2.49 bits per heavy atom. The first-order valence-corrected chi connectivity index (χ1v) is 11.4. The van der Waals surface area contributed by atoms with E-state index < -0.39 is 5.97 Å². The topological polar surface area (TPSA) is 121 Å². The van der Waals surface area contributed by atoms with Gasteiger partial charge in [0.25, 0.3) is 0 Å². The van der Waals surface area contributed by atoms with E-state index in [1.54, 1.807) is 18.2 Å². The Kier molecular flexibility index (Phi) is 7.16. The van der Waals surface area contributed by atoms with Gasteiger partial charge in [-0.15, -0.1) is 10.2 Å². The van der Waals surface area contributed by atoms with Crippen LogP contribution in [-0.2, 0) is 24.6 Å². The highest BCUT2D eigenvalue weighted by Crippen LogP contribution is 2.26. The van der Waals surface area contributed by atoms with Crippen LogP contribution in [0.1, 0.15) is 27.4 Å². The van der Waals surface area contributed by atoms with Gasteiger partial charge in [0.05, 0.1) is 23.9 Å². The third-order valence-electron chi connectivity index (χ3n) is 5.48. The zero-order chi connectivity index (χ0) is 25.5. The molecule has 10 heteroatoms. The SMILES string of the molecule is COC(=O)c1ccc(COc2cccc(OCc3ccc4ccccc4n3)c2)c(OCc2nn[nH]n2)c1. The second-order valence-electron chi connectivity index (χ2n) is 7.98. The van der Waals surface area contributed by atoms with Gasteiger partial charge in [-0.2, -0.15) is 5.21 Å². The van der Waals surface area contributed by atoms with Gasteiger partial charge >= 0.3 is 5.97 Å². The summed E-state index contributed by atoms with van der Waals surface area (Å²) in [6.45, 7) is 0.594. The molecular weight excluding hydrogens is 474 g/mol. The van der Waals surface area contributed by atoms with Crippen LogP contribution in [0.3, 0.4) is 0 Å². The molecule has 0 bridgehead atoms. The maximum Gasteiger partial charge on any atom is 0.337 e. The normalized spacial score (nSPS) is 10.7. The number of nitrogens with one attached hydrogen (secondary N) is 1. The third kappa shape index (κ3) is 5.99. The molecule has 2 aromatic heterocycles. The molecule has 0 aliphatic heterocycles. The van der Waals surface area contributed by atoms with Crippen molar-refractivity contribution in [2.24, 2.45) is 0 Å². The predicted molar refractivity (Wildman–Crippen MR) is 133 cm³/mol. The van der Waals surface area contributed by atoms with Crippen LogP contribution in [0.5, 0.6) is 17.2 Å². The zero-order valence-corrected chi connectivity index (χ0v) is 20.0. The number of para-hydroxylation sites is 1. The number of ether oxygens (including phenoxy) is 4. The van der Waals surface area contributed by atoms with Crippen LogP contribution >= 0.6 is 0 Å². The number of H-pyrrole nitrogens is 1. The molecule has 0 radical (unpaired) electrons. The molecule has 5 rings (SSSR count).